The van der Waals surface area contributed by atoms with Crippen LogP contribution in [0.15, 0.2) is 35.1 Å². The van der Waals surface area contributed by atoms with Crippen molar-refractivity contribution in [3.63, 3.8) is 0 Å². The van der Waals surface area contributed by atoms with Gasteiger partial charge in [0.05, 0.1) is 25.5 Å². The van der Waals surface area contributed by atoms with E-state index in [1.807, 2.05) is 24.4 Å². The van der Waals surface area contributed by atoms with Gasteiger partial charge in [-0.2, -0.15) is 5.10 Å². The van der Waals surface area contributed by atoms with Crippen molar-refractivity contribution < 1.29 is 22.4 Å². The van der Waals surface area contributed by atoms with Gasteiger partial charge in [0, 0.05) is 19.5 Å². The molecule has 1 aliphatic rings. The molecule has 168 valence electrons. The quantitative estimate of drug-likeness (QED) is 0.534. The van der Waals surface area contributed by atoms with Gasteiger partial charge in [-0.05, 0) is 42.5 Å². The Balaban J connectivity index is 1.55. The van der Waals surface area contributed by atoms with Crippen LogP contribution >= 0.6 is 0 Å². The lowest BCUT2D eigenvalue weighted by molar-refractivity contribution is 0.0531. The monoisotopic (exact) mass is 448 g/mol. The molecule has 1 unspecified atom stereocenters. The number of sulfonamides is 1. The summed E-state index contributed by atoms with van der Waals surface area (Å²) in [6, 6.07) is 5.49. The number of hydrogen-bond acceptors (Lipinski definition) is 7. The molecule has 1 atom stereocenters. The van der Waals surface area contributed by atoms with Crippen LogP contribution in [0, 0.1) is 5.92 Å². The molecule has 0 bridgehead atoms. The summed E-state index contributed by atoms with van der Waals surface area (Å²) in [5.74, 6) is 0.733. The van der Waals surface area contributed by atoms with Crippen molar-refractivity contribution in [3.8, 4) is 5.75 Å². The Morgan fingerprint density at radius 3 is 2.74 bits per heavy atom. The molecule has 3 aromatic rings. The van der Waals surface area contributed by atoms with Crippen LogP contribution in [0.4, 0.5) is 5.82 Å². The number of rotatable bonds is 9. The molecule has 1 N–H and O–H groups in total. The zero-order chi connectivity index (χ0) is 21.8. The second kappa shape index (κ2) is 9.27. The van der Waals surface area contributed by atoms with E-state index in [1.54, 1.807) is 18.0 Å². The minimum absolute atomic E-state index is 0.121. The minimum atomic E-state index is -3.70. The number of nitrogens with zero attached hydrogens (tertiary/aromatic N) is 3. The normalized spacial score (nSPS) is 16.5. The highest BCUT2D eigenvalue weighted by Gasteiger charge is 2.29. The average Bonchev–Trinajstić information content (AvgIpc) is 3.42. The summed E-state index contributed by atoms with van der Waals surface area (Å²) in [4.78, 5) is 0. The number of ether oxygens (including phenoxy) is 2. The van der Waals surface area contributed by atoms with E-state index in [0.29, 0.717) is 23.3 Å². The summed E-state index contributed by atoms with van der Waals surface area (Å²) < 4.78 is 46.6. The summed E-state index contributed by atoms with van der Waals surface area (Å²) in [6.45, 7) is 0.526. The molecule has 0 radical (unpaired) electrons. The number of benzene rings is 1. The van der Waals surface area contributed by atoms with Crippen molar-refractivity contribution in [1.82, 2.24) is 14.9 Å². The Labute approximate surface area is 181 Å². The van der Waals surface area contributed by atoms with Crippen LogP contribution in [-0.2, 0) is 21.3 Å². The molecule has 10 heteroatoms. The highest BCUT2D eigenvalue weighted by atomic mass is 32.2. The topological polar surface area (TPSA) is 108 Å². The predicted octanol–water partition coefficient (Wildman–Crippen LogP) is 3.42. The van der Waals surface area contributed by atoms with Gasteiger partial charge in [0.15, 0.2) is 11.4 Å². The number of hydrogen-bond donors (Lipinski definition) is 1. The van der Waals surface area contributed by atoms with Crippen LogP contribution in [0.25, 0.3) is 11.0 Å². The van der Waals surface area contributed by atoms with Crippen LogP contribution < -0.4 is 9.46 Å². The second-order valence-corrected chi connectivity index (χ2v) is 9.73. The lowest BCUT2D eigenvalue weighted by Crippen LogP contribution is -2.34. The Bertz CT molecular complexity index is 1100. The Hall–Kier alpha value is -2.59. The molecule has 1 saturated carbocycles. The molecule has 0 aliphatic heterocycles. The maximum absolute atomic E-state index is 12.9. The first kappa shape index (κ1) is 21.6. The van der Waals surface area contributed by atoms with E-state index < -0.39 is 10.0 Å². The van der Waals surface area contributed by atoms with Crippen LogP contribution in [0.1, 0.15) is 37.7 Å². The summed E-state index contributed by atoms with van der Waals surface area (Å²) in [5, 5.41) is 8.65. The van der Waals surface area contributed by atoms with Gasteiger partial charge in [-0.3, -0.25) is 9.40 Å². The van der Waals surface area contributed by atoms with Gasteiger partial charge in [0.2, 0.25) is 10.0 Å². The van der Waals surface area contributed by atoms with Gasteiger partial charge in [-0.25, -0.2) is 8.42 Å². The van der Waals surface area contributed by atoms with Crippen molar-refractivity contribution in [1.29, 1.82) is 0 Å². The SMILES string of the molecule is COc1cc(Cn2cccn2)cc2onc(NS(=O)(=O)CC(OC)C3CCCCC3)c12. The first-order valence-corrected chi connectivity index (χ1v) is 12.1. The van der Waals surface area contributed by atoms with Crippen LogP contribution in [-0.4, -0.2) is 49.4 Å². The highest BCUT2D eigenvalue weighted by molar-refractivity contribution is 7.92. The summed E-state index contributed by atoms with van der Waals surface area (Å²) in [5.41, 5.74) is 1.34. The Morgan fingerprint density at radius 1 is 1.26 bits per heavy atom. The summed E-state index contributed by atoms with van der Waals surface area (Å²) in [6.07, 6.45) is 8.63. The molecule has 4 rings (SSSR count). The summed E-state index contributed by atoms with van der Waals surface area (Å²) in [7, 11) is -0.597. The minimum Gasteiger partial charge on any atom is -0.496 e. The van der Waals surface area contributed by atoms with Gasteiger partial charge < -0.3 is 14.0 Å². The van der Waals surface area contributed by atoms with Gasteiger partial charge >= 0.3 is 0 Å². The smallest absolute Gasteiger partial charge is 0.236 e. The van der Waals surface area contributed by atoms with E-state index in [-0.39, 0.29) is 23.6 Å². The third-order valence-electron chi connectivity index (χ3n) is 5.84. The molecule has 9 nitrogen and oxygen atoms in total. The largest absolute Gasteiger partial charge is 0.496 e. The van der Waals surface area contributed by atoms with Crippen LogP contribution in [0.2, 0.25) is 0 Å². The van der Waals surface area contributed by atoms with E-state index in [0.717, 1.165) is 31.2 Å². The van der Waals surface area contributed by atoms with Gasteiger partial charge in [-0.15, -0.1) is 0 Å². The first-order valence-electron chi connectivity index (χ1n) is 10.5. The highest BCUT2D eigenvalue weighted by Crippen LogP contribution is 2.35. The van der Waals surface area contributed by atoms with E-state index in [2.05, 4.69) is 15.0 Å². The van der Waals surface area contributed by atoms with Crippen molar-refractivity contribution in [2.45, 2.75) is 44.8 Å². The lowest BCUT2D eigenvalue weighted by atomic mass is 9.86. The lowest BCUT2D eigenvalue weighted by Gasteiger charge is -2.28. The van der Waals surface area contributed by atoms with Crippen molar-refractivity contribution >= 4 is 26.8 Å². The Morgan fingerprint density at radius 2 is 2.06 bits per heavy atom. The van der Waals surface area contributed by atoms with Crippen LogP contribution in [0.3, 0.4) is 0 Å². The van der Waals surface area contributed by atoms with Crippen molar-refractivity contribution in [2.75, 3.05) is 24.7 Å². The molecule has 0 spiro atoms. The number of anilines is 1. The third-order valence-corrected chi connectivity index (χ3v) is 7.11. The molecular weight excluding hydrogens is 420 g/mol. The van der Waals surface area contributed by atoms with Gasteiger partial charge in [0.1, 0.15) is 11.1 Å². The maximum atomic E-state index is 12.9. The molecule has 1 fully saturated rings. The maximum Gasteiger partial charge on any atom is 0.236 e. The zero-order valence-corrected chi connectivity index (χ0v) is 18.6. The fraction of sp³-hybridized carbons (Fsp3) is 0.524. The van der Waals surface area contributed by atoms with Gasteiger partial charge in [0.25, 0.3) is 0 Å². The molecule has 2 aromatic heterocycles. The molecule has 0 saturated heterocycles. The number of fused-ring (bicyclic) bond motifs is 1. The molecule has 1 aromatic carbocycles. The van der Waals surface area contributed by atoms with E-state index in [1.165, 1.54) is 13.5 Å². The fourth-order valence-corrected chi connectivity index (χ4v) is 5.66. The molecule has 2 heterocycles. The number of nitrogens with one attached hydrogen (secondary N) is 1. The predicted molar refractivity (Wildman–Crippen MR) is 117 cm³/mol. The molecule has 1 aliphatic carbocycles. The molecule has 31 heavy (non-hydrogen) atoms. The number of aromatic nitrogens is 3. The fourth-order valence-electron chi connectivity index (χ4n) is 4.30. The van der Waals surface area contributed by atoms with E-state index >= 15 is 0 Å². The van der Waals surface area contributed by atoms with Crippen molar-refractivity contribution in [2.24, 2.45) is 5.92 Å². The number of methoxy groups -OCH3 is 2. The third kappa shape index (κ3) is 5.01. The first-order chi connectivity index (χ1) is 15.0. The average molecular weight is 449 g/mol. The van der Waals surface area contributed by atoms with Gasteiger partial charge in [-0.1, -0.05) is 24.4 Å². The zero-order valence-electron chi connectivity index (χ0n) is 17.8. The molecular formula is C21H28N4O5S. The van der Waals surface area contributed by atoms with Crippen molar-refractivity contribution in [3.05, 3.63) is 36.2 Å². The second-order valence-electron chi connectivity index (χ2n) is 7.96. The van der Waals surface area contributed by atoms with E-state index in [4.69, 9.17) is 14.0 Å². The van der Waals surface area contributed by atoms with Crippen LogP contribution in [0.5, 0.6) is 5.75 Å². The Kier molecular flexibility index (Phi) is 6.47. The van der Waals surface area contributed by atoms with E-state index in [9.17, 15) is 8.42 Å². The molecule has 0 amide bonds. The summed E-state index contributed by atoms with van der Waals surface area (Å²) >= 11 is 0. The standard InChI is InChI=1S/C21H28N4O5S/c1-28-17-11-15(13-25-10-6-9-22-25)12-18-20(17)21(23-30-18)24-31(26,27)14-19(29-2)16-7-4-3-5-8-16/h6,9-12,16,19H,3-5,7-8,13-14H2,1-2H3,(H,23,24).